The molecular formula is C22H22N4O2. The third-order valence-corrected chi connectivity index (χ3v) is 4.48. The lowest BCUT2D eigenvalue weighted by molar-refractivity contribution is 0.0944. The number of methoxy groups -OCH3 is 1. The number of nitrogens with one attached hydrogen (secondary N) is 1. The maximum atomic E-state index is 12.7. The summed E-state index contributed by atoms with van der Waals surface area (Å²) in [5.74, 6) is 0.250. The van der Waals surface area contributed by atoms with Gasteiger partial charge in [-0.15, -0.1) is 0 Å². The van der Waals surface area contributed by atoms with Crippen molar-refractivity contribution in [2.75, 3.05) is 7.11 Å². The van der Waals surface area contributed by atoms with Gasteiger partial charge in [0.1, 0.15) is 11.8 Å². The van der Waals surface area contributed by atoms with E-state index in [1.165, 1.54) is 7.11 Å². The van der Waals surface area contributed by atoms with E-state index in [2.05, 4.69) is 16.5 Å². The smallest absolute Gasteiger partial charge is 0.252 e. The van der Waals surface area contributed by atoms with Gasteiger partial charge in [0.25, 0.3) is 5.91 Å². The molecule has 142 valence electrons. The molecule has 1 aromatic heterocycles. The highest BCUT2D eigenvalue weighted by molar-refractivity contribution is 5.94. The normalized spacial score (nSPS) is 11.5. The minimum Gasteiger partial charge on any atom is -0.496 e. The van der Waals surface area contributed by atoms with Crippen LogP contribution in [0.5, 0.6) is 5.75 Å². The van der Waals surface area contributed by atoms with Crippen LogP contribution in [0.2, 0.25) is 0 Å². The summed E-state index contributed by atoms with van der Waals surface area (Å²) in [6, 6.07) is 17.9. The fraction of sp³-hybridized carbons (Fsp3) is 0.227. The van der Waals surface area contributed by atoms with E-state index in [0.29, 0.717) is 23.4 Å². The lowest BCUT2D eigenvalue weighted by atomic mass is 10.1. The molecule has 2 aromatic carbocycles. The predicted molar refractivity (Wildman–Crippen MR) is 106 cm³/mol. The van der Waals surface area contributed by atoms with E-state index >= 15 is 0 Å². The summed E-state index contributed by atoms with van der Waals surface area (Å²) >= 11 is 0. The minimum absolute atomic E-state index is 0.312. The number of ether oxygens (including phenoxy) is 1. The van der Waals surface area contributed by atoms with Crippen LogP contribution in [0.25, 0.3) is 0 Å². The van der Waals surface area contributed by atoms with Gasteiger partial charge in [0.05, 0.1) is 25.4 Å². The minimum atomic E-state index is -0.802. The van der Waals surface area contributed by atoms with Gasteiger partial charge < -0.3 is 10.1 Å². The van der Waals surface area contributed by atoms with E-state index in [0.717, 1.165) is 17.0 Å². The second-order valence-corrected chi connectivity index (χ2v) is 6.56. The van der Waals surface area contributed by atoms with Crippen molar-refractivity contribution < 1.29 is 9.53 Å². The summed E-state index contributed by atoms with van der Waals surface area (Å²) < 4.78 is 7.20. The van der Waals surface area contributed by atoms with Gasteiger partial charge in [-0.05, 0) is 43.7 Å². The van der Waals surface area contributed by atoms with Gasteiger partial charge in [-0.25, -0.2) is 0 Å². The molecule has 6 heteroatoms. The first-order valence-electron chi connectivity index (χ1n) is 8.95. The zero-order valence-corrected chi connectivity index (χ0v) is 16.1. The Morgan fingerprint density at radius 3 is 2.68 bits per heavy atom. The average molecular weight is 374 g/mol. The molecule has 0 aliphatic heterocycles. The van der Waals surface area contributed by atoms with Crippen LogP contribution in [-0.2, 0) is 6.54 Å². The SMILES string of the molecule is COc1ccccc1C(C#N)NC(=O)c1cccc(Cn2nc(C)cc2C)c1. The first kappa shape index (κ1) is 19.2. The van der Waals surface area contributed by atoms with E-state index in [4.69, 9.17) is 4.74 Å². The largest absolute Gasteiger partial charge is 0.496 e. The molecule has 28 heavy (non-hydrogen) atoms. The number of carbonyl (C=O) groups is 1. The number of nitriles is 1. The van der Waals surface area contributed by atoms with Crippen molar-refractivity contribution in [3.8, 4) is 11.8 Å². The zero-order chi connectivity index (χ0) is 20.1. The molecule has 1 amide bonds. The van der Waals surface area contributed by atoms with E-state index in [9.17, 15) is 10.1 Å². The van der Waals surface area contributed by atoms with Gasteiger partial charge in [-0.3, -0.25) is 9.48 Å². The van der Waals surface area contributed by atoms with E-state index in [-0.39, 0.29) is 5.91 Å². The van der Waals surface area contributed by atoms with Gasteiger partial charge in [0, 0.05) is 16.8 Å². The second kappa shape index (κ2) is 8.40. The van der Waals surface area contributed by atoms with E-state index in [1.807, 2.05) is 54.9 Å². The lowest BCUT2D eigenvalue weighted by Crippen LogP contribution is -2.28. The fourth-order valence-electron chi connectivity index (χ4n) is 3.12. The highest BCUT2D eigenvalue weighted by atomic mass is 16.5. The van der Waals surface area contributed by atoms with Crippen molar-refractivity contribution in [1.82, 2.24) is 15.1 Å². The summed E-state index contributed by atoms with van der Waals surface area (Å²) in [5, 5.41) is 16.8. The Hall–Kier alpha value is -3.59. The molecule has 0 spiro atoms. The standard InChI is InChI=1S/C22H22N4O2/c1-15-11-16(2)26(25-15)14-17-7-6-8-18(12-17)22(27)24-20(13-23)19-9-4-5-10-21(19)28-3/h4-12,20H,14H2,1-3H3,(H,24,27). The molecule has 6 nitrogen and oxygen atoms in total. The monoisotopic (exact) mass is 374 g/mol. The Morgan fingerprint density at radius 2 is 2.00 bits per heavy atom. The Labute approximate surface area is 164 Å². The van der Waals surface area contributed by atoms with Crippen molar-refractivity contribution in [2.45, 2.75) is 26.4 Å². The number of hydrogen-bond donors (Lipinski definition) is 1. The van der Waals surface area contributed by atoms with Gasteiger partial charge in [0.15, 0.2) is 0 Å². The molecule has 1 heterocycles. The van der Waals surface area contributed by atoms with Crippen molar-refractivity contribution in [1.29, 1.82) is 5.26 Å². The third-order valence-electron chi connectivity index (χ3n) is 4.48. The molecule has 0 aliphatic rings. The Balaban J connectivity index is 1.79. The maximum absolute atomic E-state index is 12.7. The molecular weight excluding hydrogens is 352 g/mol. The van der Waals surface area contributed by atoms with Crippen molar-refractivity contribution in [3.63, 3.8) is 0 Å². The molecule has 1 unspecified atom stereocenters. The number of rotatable bonds is 6. The highest BCUT2D eigenvalue weighted by Gasteiger charge is 2.19. The summed E-state index contributed by atoms with van der Waals surface area (Å²) in [6.07, 6.45) is 0. The first-order valence-corrected chi connectivity index (χ1v) is 8.95. The Kier molecular flexibility index (Phi) is 5.75. The number of para-hydroxylation sites is 1. The molecule has 0 fully saturated rings. The molecule has 0 aliphatic carbocycles. The molecule has 3 rings (SSSR count). The molecule has 3 aromatic rings. The van der Waals surface area contributed by atoms with Crippen LogP contribution in [0, 0.1) is 25.2 Å². The molecule has 0 saturated heterocycles. The number of hydrogen-bond acceptors (Lipinski definition) is 4. The van der Waals surface area contributed by atoms with Crippen LogP contribution in [0.15, 0.2) is 54.6 Å². The number of aryl methyl sites for hydroxylation is 2. The van der Waals surface area contributed by atoms with Gasteiger partial charge in [0.2, 0.25) is 0 Å². The number of carbonyl (C=O) groups excluding carboxylic acids is 1. The lowest BCUT2D eigenvalue weighted by Gasteiger charge is -2.15. The maximum Gasteiger partial charge on any atom is 0.252 e. The van der Waals surface area contributed by atoms with E-state index < -0.39 is 6.04 Å². The number of benzene rings is 2. The van der Waals surface area contributed by atoms with Crippen LogP contribution in [-0.4, -0.2) is 22.8 Å². The summed E-state index contributed by atoms with van der Waals surface area (Å²) in [7, 11) is 1.54. The number of aromatic nitrogens is 2. The second-order valence-electron chi connectivity index (χ2n) is 6.56. The van der Waals surface area contributed by atoms with Crippen LogP contribution >= 0.6 is 0 Å². The van der Waals surface area contributed by atoms with Crippen molar-refractivity contribution >= 4 is 5.91 Å². The molecule has 1 atom stereocenters. The van der Waals surface area contributed by atoms with Gasteiger partial charge >= 0.3 is 0 Å². The van der Waals surface area contributed by atoms with Crippen molar-refractivity contribution in [2.24, 2.45) is 0 Å². The Bertz CT molecular complexity index is 1030. The predicted octanol–water partition coefficient (Wildman–Crippen LogP) is 3.55. The number of amides is 1. The third kappa shape index (κ3) is 4.21. The molecule has 0 radical (unpaired) electrons. The van der Waals surface area contributed by atoms with Crippen LogP contribution in [0.1, 0.15) is 38.9 Å². The summed E-state index contributed by atoms with van der Waals surface area (Å²) in [5.41, 5.74) is 4.10. The summed E-state index contributed by atoms with van der Waals surface area (Å²) in [6.45, 7) is 4.53. The molecule has 0 saturated carbocycles. The van der Waals surface area contributed by atoms with Crippen molar-refractivity contribution in [3.05, 3.63) is 82.7 Å². The number of nitrogens with zero attached hydrogens (tertiary/aromatic N) is 3. The van der Waals surface area contributed by atoms with Gasteiger partial charge in [-0.2, -0.15) is 10.4 Å². The zero-order valence-electron chi connectivity index (χ0n) is 16.1. The van der Waals surface area contributed by atoms with Crippen LogP contribution in [0.4, 0.5) is 0 Å². The average Bonchev–Trinajstić information content (AvgIpc) is 3.02. The molecule has 1 N–H and O–H groups in total. The first-order chi connectivity index (χ1) is 13.5. The van der Waals surface area contributed by atoms with E-state index in [1.54, 1.807) is 18.2 Å². The quantitative estimate of drug-likeness (QED) is 0.715. The molecule has 0 bridgehead atoms. The Morgan fingerprint density at radius 1 is 1.21 bits per heavy atom. The van der Waals surface area contributed by atoms with Crippen LogP contribution in [0.3, 0.4) is 0 Å². The fourth-order valence-corrected chi connectivity index (χ4v) is 3.12. The summed E-state index contributed by atoms with van der Waals surface area (Å²) in [4.78, 5) is 12.7. The highest BCUT2D eigenvalue weighted by Crippen LogP contribution is 2.24. The van der Waals surface area contributed by atoms with Gasteiger partial charge in [-0.1, -0.05) is 30.3 Å². The topological polar surface area (TPSA) is 79.9 Å². The van der Waals surface area contributed by atoms with Crippen LogP contribution < -0.4 is 10.1 Å².